The molecular formula is C4H8N2O2. The molecule has 0 spiro atoms. The van der Waals surface area contributed by atoms with Gasteiger partial charge in [-0.2, -0.15) is 4.91 Å². The molecule has 4 heteroatoms. The zero-order valence-corrected chi connectivity index (χ0v) is 4.37. The largest absolute Gasteiger partial charge is 0.389 e. The molecule has 1 aliphatic heterocycles. The summed E-state index contributed by atoms with van der Waals surface area (Å²) in [5.41, 5.74) is 0. The Labute approximate surface area is 46.9 Å². The van der Waals surface area contributed by atoms with E-state index >= 15 is 0 Å². The van der Waals surface area contributed by atoms with Crippen LogP contribution in [0.4, 0.5) is 0 Å². The third-order valence-electron chi connectivity index (χ3n) is 1.29. The highest BCUT2D eigenvalue weighted by atomic mass is 16.3. The van der Waals surface area contributed by atoms with Crippen LogP contribution in [0, 0.1) is 4.91 Å². The van der Waals surface area contributed by atoms with Gasteiger partial charge in [0, 0.05) is 13.1 Å². The van der Waals surface area contributed by atoms with Crippen LogP contribution < -0.4 is 5.32 Å². The zero-order valence-electron chi connectivity index (χ0n) is 4.37. The highest BCUT2D eigenvalue weighted by Gasteiger charge is 2.24. The van der Waals surface area contributed by atoms with Crippen molar-refractivity contribution < 1.29 is 5.11 Å². The molecule has 46 valence electrons. The molecule has 0 aromatic heterocycles. The fourth-order valence-electron chi connectivity index (χ4n) is 0.759. The fraction of sp³-hybridized carbons (Fsp3) is 1.00. The minimum absolute atomic E-state index is 0.421. The molecule has 4 nitrogen and oxygen atoms in total. The number of aliphatic hydroxyl groups excluding tert-OH is 1. The first-order valence-corrected chi connectivity index (χ1v) is 2.56. The first kappa shape index (κ1) is 5.65. The molecule has 1 saturated heterocycles. The minimum atomic E-state index is -0.563. The predicted octanol–water partition coefficient (Wildman–Crippen LogP) is -0.915. The number of nitrogens with zero attached hydrogens (tertiary/aromatic N) is 1. The molecular weight excluding hydrogens is 108 g/mol. The number of aliphatic hydroxyl groups is 1. The van der Waals surface area contributed by atoms with E-state index in [9.17, 15) is 4.91 Å². The van der Waals surface area contributed by atoms with E-state index in [1.807, 2.05) is 0 Å². The van der Waals surface area contributed by atoms with Crippen molar-refractivity contribution in [3.8, 4) is 0 Å². The topological polar surface area (TPSA) is 61.7 Å². The number of hydrogen-bond acceptors (Lipinski definition) is 4. The number of β-amino-alcohol motifs (C(OH)–C–C–N with tert-alkyl or cyclic N) is 1. The molecule has 8 heavy (non-hydrogen) atoms. The average Bonchev–Trinajstić information content (AvgIpc) is 2.14. The van der Waals surface area contributed by atoms with Crippen molar-refractivity contribution in [3.05, 3.63) is 4.91 Å². The van der Waals surface area contributed by atoms with Gasteiger partial charge in [-0.25, -0.2) is 0 Å². The van der Waals surface area contributed by atoms with Crippen LogP contribution in [-0.4, -0.2) is 30.3 Å². The van der Waals surface area contributed by atoms with E-state index in [-0.39, 0.29) is 0 Å². The van der Waals surface area contributed by atoms with E-state index < -0.39 is 12.1 Å². The van der Waals surface area contributed by atoms with E-state index in [1.54, 1.807) is 0 Å². The number of nitrogens with one attached hydrogen (secondary N) is 1. The molecule has 1 fully saturated rings. The molecule has 0 aliphatic carbocycles. The summed E-state index contributed by atoms with van der Waals surface area (Å²) in [5, 5.41) is 14.4. The lowest BCUT2D eigenvalue weighted by atomic mass is 10.2. The molecule has 0 saturated carbocycles. The van der Waals surface area contributed by atoms with Crippen LogP contribution in [0.15, 0.2) is 5.18 Å². The minimum Gasteiger partial charge on any atom is -0.389 e. The molecule has 1 rings (SSSR count). The summed E-state index contributed by atoms with van der Waals surface area (Å²) in [6, 6.07) is -0.421. The van der Waals surface area contributed by atoms with Gasteiger partial charge in [0.2, 0.25) is 0 Å². The van der Waals surface area contributed by atoms with Crippen molar-refractivity contribution >= 4 is 0 Å². The SMILES string of the molecule is O=NC1CNC[C@@H]1O. The van der Waals surface area contributed by atoms with Gasteiger partial charge in [-0.15, -0.1) is 0 Å². The van der Waals surface area contributed by atoms with Crippen molar-refractivity contribution in [2.24, 2.45) is 5.18 Å². The Hall–Kier alpha value is -0.480. The van der Waals surface area contributed by atoms with Crippen LogP contribution in [0.1, 0.15) is 0 Å². The Balaban J connectivity index is 2.41. The molecule has 0 amide bonds. The second kappa shape index (κ2) is 2.19. The van der Waals surface area contributed by atoms with E-state index in [0.29, 0.717) is 13.1 Å². The van der Waals surface area contributed by atoms with Crippen molar-refractivity contribution in [1.29, 1.82) is 0 Å². The molecule has 0 aromatic rings. The number of hydrogen-bond donors (Lipinski definition) is 2. The third-order valence-corrected chi connectivity index (χ3v) is 1.29. The molecule has 2 atom stereocenters. The standard InChI is InChI=1S/C4H8N2O2/c7-4-2-5-1-3(4)6-8/h3-5,7H,1-2H2/t3?,4-/m0/s1. The lowest BCUT2D eigenvalue weighted by Crippen LogP contribution is -2.20. The lowest BCUT2D eigenvalue weighted by Gasteiger charge is -1.99. The summed E-state index contributed by atoms with van der Waals surface area (Å²) in [6.45, 7) is 1.01. The van der Waals surface area contributed by atoms with Crippen LogP contribution in [-0.2, 0) is 0 Å². The van der Waals surface area contributed by atoms with E-state index in [2.05, 4.69) is 10.5 Å². The van der Waals surface area contributed by atoms with Crippen LogP contribution >= 0.6 is 0 Å². The van der Waals surface area contributed by atoms with E-state index in [4.69, 9.17) is 5.11 Å². The Kier molecular flexibility index (Phi) is 1.55. The smallest absolute Gasteiger partial charge is 0.131 e. The second-order valence-corrected chi connectivity index (χ2v) is 1.90. The van der Waals surface area contributed by atoms with Crippen molar-refractivity contribution in [2.45, 2.75) is 12.1 Å². The highest BCUT2D eigenvalue weighted by Crippen LogP contribution is 2.01. The van der Waals surface area contributed by atoms with Gasteiger partial charge < -0.3 is 10.4 Å². The molecule has 0 aromatic carbocycles. The van der Waals surface area contributed by atoms with Crippen LogP contribution in [0.25, 0.3) is 0 Å². The van der Waals surface area contributed by atoms with Gasteiger partial charge in [0.1, 0.15) is 6.04 Å². The monoisotopic (exact) mass is 116 g/mol. The molecule has 0 bridgehead atoms. The molecule has 1 unspecified atom stereocenters. The number of nitroso groups, excluding NO2 is 1. The number of rotatable bonds is 1. The fourth-order valence-corrected chi connectivity index (χ4v) is 0.759. The molecule has 1 heterocycles. The maximum atomic E-state index is 9.77. The van der Waals surface area contributed by atoms with Gasteiger partial charge in [-0.1, -0.05) is 5.18 Å². The van der Waals surface area contributed by atoms with Crippen molar-refractivity contribution in [3.63, 3.8) is 0 Å². The van der Waals surface area contributed by atoms with Gasteiger partial charge >= 0.3 is 0 Å². The molecule has 0 radical (unpaired) electrons. The Morgan fingerprint density at radius 2 is 2.38 bits per heavy atom. The van der Waals surface area contributed by atoms with Gasteiger partial charge in [0.25, 0.3) is 0 Å². The summed E-state index contributed by atoms with van der Waals surface area (Å²) in [4.78, 5) is 9.77. The normalized spacial score (nSPS) is 37.6. The summed E-state index contributed by atoms with van der Waals surface area (Å²) in [7, 11) is 0. The van der Waals surface area contributed by atoms with Crippen molar-refractivity contribution in [1.82, 2.24) is 5.32 Å². The van der Waals surface area contributed by atoms with Gasteiger partial charge in [-0.05, 0) is 0 Å². The third kappa shape index (κ3) is 0.850. The van der Waals surface area contributed by atoms with Gasteiger partial charge in [0.05, 0.1) is 6.10 Å². The van der Waals surface area contributed by atoms with Crippen LogP contribution in [0.2, 0.25) is 0 Å². The summed E-state index contributed by atoms with van der Waals surface area (Å²) in [5.74, 6) is 0. The van der Waals surface area contributed by atoms with Crippen LogP contribution in [0.3, 0.4) is 0 Å². The second-order valence-electron chi connectivity index (χ2n) is 1.90. The van der Waals surface area contributed by atoms with E-state index in [1.165, 1.54) is 0 Å². The zero-order chi connectivity index (χ0) is 5.98. The molecule has 2 N–H and O–H groups in total. The van der Waals surface area contributed by atoms with Crippen molar-refractivity contribution in [2.75, 3.05) is 13.1 Å². The van der Waals surface area contributed by atoms with Crippen LogP contribution in [0.5, 0.6) is 0 Å². The summed E-state index contributed by atoms with van der Waals surface area (Å²) < 4.78 is 0. The maximum absolute atomic E-state index is 9.77. The molecule has 1 aliphatic rings. The Bertz CT molecular complexity index is 96.0. The summed E-state index contributed by atoms with van der Waals surface area (Å²) in [6.07, 6.45) is -0.563. The average molecular weight is 116 g/mol. The van der Waals surface area contributed by atoms with Gasteiger partial charge in [-0.3, -0.25) is 0 Å². The Morgan fingerprint density at radius 3 is 2.62 bits per heavy atom. The highest BCUT2D eigenvalue weighted by molar-refractivity contribution is 4.85. The van der Waals surface area contributed by atoms with Gasteiger partial charge in [0.15, 0.2) is 0 Å². The maximum Gasteiger partial charge on any atom is 0.131 e. The predicted molar refractivity (Wildman–Crippen MR) is 28.5 cm³/mol. The first-order chi connectivity index (χ1) is 3.84. The quantitative estimate of drug-likeness (QED) is 0.436. The van der Waals surface area contributed by atoms with E-state index in [0.717, 1.165) is 0 Å². The first-order valence-electron chi connectivity index (χ1n) is 2.56. The summed E-state index contributed by atoms with van der Waals surface area (Å²) >= 11 is 0. The Morgan fingerprint density at radius 1 is 1.62 bits per heavy atom. The lowest BCUT2D eigenvalue weighted by molar-refractivity contribution is 0.179.